The molecule has 1 aliphatic heterocycles. The molecule has 0 fully saturated rings. The molecule has 1 atom stereocenters. The van der Waals surface area contributed by atoms with E-state index in [1.807, 2.05) is 0 Å². The lowest BCUT2D eigenvalue weighted by atomic mass is 9.88. The largest absolute Gasteiger partial charge is 0.450 e. The molecular weight excluding hydrogens is 436 g/mol. The molecule has 2 aromatic heterocycles. The predicted molar refractivity (Wildman–Crippen MR) is 105 cm³/mol. The fourth-order valence-corrected chi connectivity index (χ4v) is 3.89. The summed E-state index contributed by atoms with van der Waals surface area (Å²) in [6, 6.07) is 10.5. The van der Waals surface area contributed by atoms with E-state index in [0.717, 1.165) is 11.6 Å². The Labute approximate surface area is 176 Å². The van der Waals surface area contributed by atoms with E-state index in [1.165, 1.54) is 6.08 Å². The summed E-state index contributed by atoms with van der Waals surface area (Å²) in [6.45, 7) is 0. The third-order valence-corrected chi connectivity index (χ3v) is 5.26. The predicted octanol–water partition coefficient (Wildman–Crippen LogP) is 5.33. The summed E-state index contributed by atoms with van der Waals surface area (Å²) >= 11 is 0. The first-order chi connectivity index (χ1) is 15.1. The first-order valence-corrected chi connectivity index (χ1v) is 9.46. The topological polar surface area (TPSA) is 55.1 Å². The number of pyridine rings is 1. The average Bonchev–Trinajstić information content (AvgIpc) is 3.36. The Morgan fingerprint density at radius 1 is 0.906 bits per heavy atom. The van der Waals surface area contributed by atoms with Crippen molar-refractivity contribution < 1.29 is 26.3 Å². The number of fused-ring (bicyclic) bond motifs is 2. The first-order valence-electron chi connectivity index (χ1n) is 9.46. The zero-order valence-corrected chi connectivity index (χ0v) is 16.0. The molecule has 1 aliphatic carbocycles. The number of allylic oxidation sites excluding steroid dienone is 4. The quantitative estimate of drug-likeness (QED) is 0.538. The van der Waals surface area contributed by atoms with Crippen LogP contribution in [0.15, 0.2) is 59.3 Å². The fourth-order valence-electron chi connectivity index (χ4n) is 3.89. The molecule has 5 nitrogen and oxygen atoms in total. The SMILES string of the molecule is FC(F)(F)c1ccc2nc(C(F)(F)F)n(C3=CC(c4ccccc4)=C4NN=CC4C3)c2n1. The van der Waals surface area contributed by atoms with E-state index in [-0.39, 0.29) is 23.6 Å². The highest BCUT2D eigenvalue weighted by Gasteiger charge is 2.41. The molecule has 164 valence electrons. The number of alkyl halides is 6. The van der Waals surface area contributed by atoms with Gasteiger partial charge in [0, 0.05) is 29.8 Å². The van der Waals surface area contributed by atoms with Crippen LogP contribution in [0, 0.1) is 5.92 Å². The minimum atomic E-state index is -4.90. The van der Waals surface area contributed by atoms with Gasteiger partial charge in [-0.25, -0.2) is 9.97 Å². The summed E-state index contributed by atoms with van der Waals surface area (Å²) < 4.78 is 81.9. The molecule has 1 unspecified atom stereocenters. The number of hydrogen-bond donors (Lipinski definition) is 1. The van der Waals surface area contributed by atoms with Crippen molar-refractivity contribution in [2.45, 2.75) is 18.8 Å². The van der Waals surface area contributed by atoms with Gasteiger partial charge in [0.2, 0.25) is 5.82 Å². The van der Waals surface area contributed by atoms with Crippen molar-refractivity contribution in [2.75, 3.05) is 0 Å². The zero-order chi connectivity index (χ0) is 22.7. The van der Waals surface area contributed by atoms with E-state index in [1.54, 1.807) is 36.5 Å². The van der Waals surface area contributed by atoms with Crippen LogP contribution in [0.1, 0.15) is 23.5 Å². The van der Waals surface area contributed by atoms with Gasteiger partial charge < -0.3 is 0 Å². The Hall–Kier alpha value is -3.63. The van der Waals surface area contributed by atoms with Crippen LogP contribution in [0.25, 0.3) is 22.4 Å². The summed E-state index contributed by atoms with van der Waals surface area (Å²) in [5, 5.41) is 4.02. The van der Waals surface area contributed by atoms with Crippen molar-refractivity contribution in [3.63, 3.8) is 0 Å². The molecule has 32 heavy (non-hydrogen) atoms. The van der Waals surface area contributed by atoms with Gasteiger partial charge >= 0.3 is 12.4 Å². The lowest BCUT2D eigenvalue weighted by Gasteiger charge is -2.24. The van der Waals surface area contributed by atoms with Crippen molar-refractivity contribution >= 4 is 28.6 Å². The van der Waals surface area contributed by atoms with E-state index in [0.29, 0.717) is 21.9 Å². The molecular formula is C21H13F6N5. The number of hydrogen-bond acceptors (Lipinski definition) is 4. The number of benzene rings is 1. The summed E-state index contributed by atoms with van der Waals surface area (Å²) in [5.41, 5.74) is 2.96. The number of nitrogens with one attached hydrogen (secondary N) is 1. The van der Waals surface area contributed by atoms with E-state index >= 15 is 0 Å². The molecule has 11 heteroatoms. The maximum Gasteiger partial charge on any atom is 0.450 e. The zero-order valence-electron chi connectivity index (χ0n) is 16.0. The molecule has 1 aromatic carbocycles. The van der Waals surface area contributed by atoms with Gasteiger partial charge in [0.05, 0.1) is 5.70 Å². The smallest absolute Gasteiger partial charge is 0.282 e. The number of hydrazone groups is 1. The van der Waals surface area contributed by atoms with E-state index < -0.39 is 29.5 Å². The van der Waals surface area contributed by atoms with Gasteiger partial charge in [0.25, 0.3) is 0 Å². The van der Waals surface area contributed by atoms with Crippen LogP contribution in [-0.4, -0.2) is 20.7 Å². The number of nitrogens with zero attached hydrogens (tertiary/aromatic N) is 4. The molecule has 0 radical (unpaired) electrons. The molecule has 1 N–H and O–H groups in total. The highest BCUT2D eigenvalue weighted by molar-refractivity contribution is 5.91. The number of imidazole rings is 1. The van der Waals surface area contributed by atoms with Gasteiger partial charge in [-0.3, -0.25) is 9.99 Å². The number of rotatable bonds is 2. The van der Waals surface area contributed by atoms with Crippen molar-refractivity contribution in [1.82, 2.24) is 20.0 Å². The Morgan fingerprint density at radius 3 is 2.34 bits per heavy atom. The third-order valence-electron chi connectivity index (χ3n) is 5.26. The molecule has 0 bridgehead atoms. The van der Waals surface area contributed by atoms with E-state index in [2.05, 4.69) is 20.5 Å². The molecule has 2 aliphatic rings. The Kier molecular flexibility index (Phi) is 4.40. The summed E-state index contributed by atoms with van der Waals surface area (Å²) in [5.74, 6) is -1.70. The van der Waals surface area contributed by atoms with Crippen molar-refractivity contribution in [3.05, 3.63) is 71.3 Å². The Bertz CT molecular complexity index is 1300. The standard InChI is InChI=1S/C21H13F6N5/c22-20(23,24)16-7-6-15-18(30-16)32(19(29-15)21(25,26)27)13-8-12-10-28-31-17(12)14(9-13)11-4-2-1-3-5-11/h1-7,9-10,12,31H,8H2. The molecule has 3 heterocycles. The lowest BCUT2D eigenvalue weighted by Crippen LogP contribution is -2.21. The lowest BCUT2D eigenvalue weighted by molar-refractivity contribution is -0.145. The van der Waals surface area contributed by atoms with Crippen LogP contribution in [0.5, 0.6) is 0 Å². The second kappa shape index (κ2) is 6.94. The highest BCUT2D eigenvalue weighted by Crippen LogP contribution is 2.41. The van der Waals surface area contributed by atoms with Crippen molar-refractivity contribution in [3.8, 4) is 0 Å². The minimum absolute atomic E-state index is 0.0780. The van der Waals surface area contributed by atoms with Crippen LogP contribution >= 0.6 is 0 Å². The van der Waals surface area contributed by atoms with Crippen molar-refractivity contribution in [1.29, 1.82) is 0 Å². The van der Waals surface area contributed by atoms with Crippen LogP contribution in [-0.2, 0) is 12.4 Å². The number of halogens is 6. The normalized spacial score (nSPS) is 18.7. The van der Waals surface area contributed by atoms with E-state index in [4.69, 9.17) is 0 Å². The second-order valence-corrected chi connectivity index (χ2v) is 7.34. The van der Waals surface area contributed by atoms with Crippen LogP contribution in [0.2, 0.25) is 0 Å². The molecule has 0 saturated heterocycles. The molecule has 0 amide bonds. The monoisotopic (exact) mass is 449 g/mol. The average molecular weight is 449 g/mol. The summed E-state index contributed by atoms with van der Waals surface area (Å²) in [4.78, 5) is 7.08. The Morgan fingerprint density at radius 2 is 1.66 bits per heavy atom. The van der Waals surface area contributed by atoms with Crippen LogP contribution in [0.3, 0.4) is 0 Å². The third kappa shape index (κ3) is 3.33. The molecule has 0 spiro atoms. The summed E-state index contributed by atoms with van der Waals surface area (Å²) in [6.07, 6.45) is -6.56. The molecule has 0 saturated carbocycles. The summed E-state index contributed by atoms with van der Waals surface area (Å²) in [7, 11) is 0. The number of aromatic nitrogens is 3. The second-order valence-electron chi connectivity index (χ2n) is 7.34. The maximum atomic E-state index is 13.9. The van der Waals surface area contributed by atoms with Crippen LogP contribution in [0.4, 0.5) is 26.3 Å². The van der Waals surface area contributed by atoms with Gasteiger partial charge in [0.15, 0.2) is 5.65 Å². The minimum Gasteiger partial charge on any atom is -0.282 e. The van der Waals surface area contributed by atoms with Gasteiger partial charge in [-0.2, -0.15) is 31.4 Å². The highest BCUT2D eigenvalue weighted by atomic mass is 19.4. The maximum absolute atomic E-state index is 13.9. The van der Waals surface area contributed by atoms with Gasteiger partial charge in [-0.05, 0) is 23.8 Å². The van der Waals surface area contributed by atoms with Gasteiger partial charge in [-0.1, -0.05) is 30.3 Å². The van der Waals surface area contributed by atoms with Gasteiger partial charge in [-0.15, -0.1) is 0 Å². The van der Waals surface area contributed by atoms with Gasteiger partial charge in [0.1, 0.15) is 11.2 Å². The first kappa shape index (κ1) is 20.3. The van der Waals surface area contributed by atoms with Crippen molar-refractivity contribution in [2.24, 2.45) is 11.0 Å². The fraction of sp³-hybridized carbons (Fsp3) is 0.190. The molecule has 3 aromatic rings. The Balaban J connectivity index is 1.77. The molecule has 5 rings (SSSR count). The van der Waals surface area contributed by atoms with Crippen LogP contribution < -0.4 is 5.43 Å². The van der Waals surface area contributed by atoms with E-state index in [9.17, 15) is 26.3 Å².